The fourth-order valence-corrected chi connectivity index (χ4v) is 1.50. The Morgan fingerprint density at radius 2 is 2.11 bits per heavy atom. The SMILES string of the molecule is COc1cc(C#N)cc(Oc2ncccc2C=O)c1. The minimum atomic E-state index is 0.189. The van der Waals surface area contributed by atoms with Crippen LogP contribution in [0.4, 0.5) is 0 Å². The minimum Gasteiger partial charge on any atom is -0.497 e. The number of aldehydes is 1. The summed E-state index contributed by atoms with van der Waals surface area (Å²) in [5, 5.41) is 8.92. The van der Waals surface area contributed by atoms with Crippen LogP contribution < -0.4 is 9.47 Å². The van der Waals surface area contributed by atoms with Gasteiger partial charge in [0, 0.05) is 12.3 Å². The quantitative estimate of drug-likeness (QED) is 0.784. The Morgan fingerprint density at radius 1 is 1.32 bits per heavy atom. The van der Waals surface area contributed by atoms with Crippen LogP contribution in [-0.4, -0.2) is 18.4 Å². The molecule has 5 nitrogen and oxygen atoms in total. The van der Waals surface area contributed by atoms with Gasteiger partial charge in [0.05, 0.1) is 24.3 Å². The number of methoxy groups -OCH3 is 1. The zero-order valence-corrected chi connectivity index (χ0v) is 10.2. The average Bonchev–Trinajstić information content (AvgIpc) is 2.47. The normalized spacial score (nSPS) is 9.47. The number of aromatic nitrogens is 1. The summed E-state index contributed by atoms with van der Waals surface area (Å²) < 4.78 is 10.6. The van der Waals surface area contributed by atoms with Crippen molar-refractivity contribution in [3.63, 3.8) is 0 Å². The highest BCUT2D eigenvalue weighted by Crippen LogP contribution is 2.27. The fraction of sp³-hybridized carbons (Fsp3) is 0.0714. The van der Waals surface area contributed by atoms with Gasteiger partial charge in [-0.3, -0.25) is 4.79 Å². The standard InChI is InChI=1S/C14H10N2O3/c1-18-12-5-10(8-15)6-13(7-12)19-14-11(9-17)3-2-4-16-14/h2-7,9H,1H3. The molecule has 2 rings (SSSR count). The predicted octanol–water partition coefficient (Wildman–Crippen LogP) is 2.57. The number of rotatable bonds is 4. The zero-order valence-electron chi connectivity index (χ0n) is 10.2. The molecule has 0 amide bonds. The second-order valence-corrected chi connectivity index (χ2v) is 3.63. The molecule has 0 bridgehead atoms. The molecule has 1 heterocycles. The van der Waals surface area contributed by atoms with Crippen molar-refractivity contribution in [3.8, 4) is 23.4 Å². The van der Waals surface area contributed by atoms with Gasteiger partial charge < -0.3 is 9.47 Å². The van der Waals surface area contributed by atoms with Crippen LogP contribution in [0.3, 0.4) is 0 Å². The molecule has 0 aliphatic carbocycles. The molecule has 19 heavy (non-hydrogen) atoms. The Balaban J connectivity index is 2.38. The number of hydrogen-bond acceptors (Lipinski definition) is 5. The summed E-state index contributed by atoms with van der Waals surface area (Å²) in [7, 11) is 1.50. The molecule has 0 aliphatic rings. The van der Waals surface area contributed by atoms with E-state index in [-0.39, 0.29) is 5.88 Å². The Hall–Kier alpha value is -2.87. The predicted molar refractivity (Wildman–Crippen MR) is 67.4 cm³/mol. The number of benzene rings is 1. The molecule has 1 aromatic carbocycles. The van der Waals surface area contributed by atoms with Gasteiger partial charge in [0.15, 0.2) is 6.29 Å². The van der Waals surface area contributed by atoms with E-state index >= 15 is 0 Å². The number of pyridine rings is 1. The lowest BCUT2D eigenvalue weighted by atomic mass is 10.2. The number of nitrogens with zero attached hydrogens (tertiary/aromatic N) is 2. The Labute approximate surface area is 110 Å². The van der Waals surface area contributed by atoms with E-state index in [1.54, 1.807) is 30.3 Å². The average molecular weight is 254 g/mol. The first-order chi connectivity index (χ1) is 9.26. The Kier molecular flexibility index (Phi) is 3.74. The summed E-state index contributed by atoms with van der Waals surface area (Å²) in [6.07, 6.45) is 2.18. The third kappa shape index (κ3) is 2.87. The molecule has 0 atom stereocenters. The highest BCUT2D eigenvalue weighted by Gasteiger charge is 2.07. The third-order valence-electron chi connectivity index (χ3n) is 2.39. The second-order valence-electron chi connectivity index (χ2n) is 3.63. The molecule has 0 aliphatic heterocycles. The van der Waals surface area contributed by atoms with E-state index < -0.39 is 0 Å². The minimum absolute atomic E-state index is 0.189. The van der Waals surface area contributed by atoms with Gasteiger partial charge in [-0.2, -0.15) is 5.26 Å². The van der Waals surface area contributed by atoms with Crippen LogP contribution in [0.2, 0.25) is 0 Å². The summed E-state index contributed by atoms with van der Waals surface area (Å²) in [4.78, 5) is 14.8. The van der Waals surface area contributed by atoms with Crippen molar-refractivity contribution in [1.82, 2.24) is 4.98 Å². The van der Waals surface area contributed by atoms with Crippen molar-refractivity contribution < 1.29 is 14.3 Å². The van der Waals surface area contributed by atoms with Gasteiger partial charge in [-0.15, -0.1) is 0 Å². The number of ether oxygens (including phenoxy) is 2. The lowest BCUT2D eigenvalue weighted by molar-refractivity contribution is 0.112. The lowest BCUT2D eigenvalue weighted by Gasteiger charge is -2.08. The van der Waals surface area contributed by atoms with Gasteiger partial charge in [-0.25, -0.2) is 4.98 Å². The van der Waals surface area contributed by atoms with Crippen LogP contribution in [0, 0.1) is 11.3 Å². The topological polar surface area (TPSA) is 72.2 Å². The van der Waals surface area contributed by atoms with E-state index in [0.29, 0.717) is 28.9 Å². The Morgan fingerprint density at radius 3 is 2.79 bits per heavy atom. The molecule has 94 valence electrons. The zero-order chi connectivity index (χ0) is 13.7. The summed E-state index contributed by atoms with van der Waals surface area (Å²) in [5.41, 5.74) is 0.738. The van der Waals surface area contributed by atoms with Crippen molar-refractivity contribution in [2.24, 2.45) is 0 Å². The maximum Gasteiger partial charge on any atom is 0.229 e. The summed E-state index contributed by atoms with van der Waals surface area (Å²) in [6, 6.07) is 10.00. The van der Waals surface area contributed by atoms with Gasteiger partial charge in [0.25, 0.3) is 0 Å². The first-order valence-electron chi connectivity index (χ1n) is 5.44. The number of carbonyl (C=O) groups is 1. The summed E-state index contributed by atoms with van der Waals surface area (Å²) >= 11 is 0. The van der Waals surface area contributed by atoms with Crippen LogP contribution in [0.25, 0.3) is 0 Å². The molecular weight excluding hydrogens is 244 g/mol. The first-order valence-corrected chi connectivity index (χ1v) is 5.44. The second kappa shape index (κ2) is 5.65. The van der Waals surface area contributed by atoms with Crippen molar-refractivity contribution in [3.05, 3.63) is 47.7 Å². The maximum atomic E-state index is 10.9. The number of hydrogen-bond donors (Lipinski definition) is 0. The molecule has 0 saturated carbocycles. The fourth-order valence-electron chi connectivity index (χ4n) is 1.50. The van der Waals surface area contributed by atoms with E-state index in [0.717, 1.165) is 0 Å². The Bertz CT molecular complexity index is 647. The molecule has 2 aromatic rings. The molecular formula is C14H10N2O3. The van der Waals surface area contributed by atoms with E-state index in [1.807, 2.05) is 6.07 Å². The number of nitriles is 1. The molecule has 0 unspecified atom stereocenters. The molecule has 0 N–H and O–H groups in total. The van der Waals surface area contributed by atoms with Crippen molar-refractivity contribution in [1.29, 1.82) is 5.26 Å². The van der Waals surface area contributed by atoms with E-state index in [4.69, 9.17) is 14.7 Å². The van der Waals surface area contributed by atoms with Crippen LogP contribution in [0.1, 0.15) is 15.9 Å². The molecule has 0 fully saturated rings. The van der Waals surface area contributed by atoms with Crippen LogP contribution in [0.5, 0.6) is 17.4 Å². The molecule has 0 saturated heterocycles. The van der Waals surface area contributed by atoms with E-state index in [1.165, 1.54) is 13.3 Å². The van der Waals surface area contributed by atoms with E-state index in [9.17, 15) is 4.79 Å². The largest absolute Gasteiger partial charge is 0.497 e. The van der Waals surface area contributed by atoms with Crippen LogP contribution in [0.15, 0.2) is 36.5 Å². The smallest absolute Gasteiger partial charge is 0.229 e. The molecule has 5 heteroatoms. The van der Waals surface area contributed by atoms with Gasteiger partial charge in [-0.1, -0.05) is 0 Å². The summed E-state index contributed by atoms with van der Waals surface area (Å²) in [6.45, 7) is 0. The monoisotopic (exact) mass is 254 g/mol. The van der Waals surface area contributed by atoms with Gasteiger partial charge >= 0.3 is 0 Å². The number of carbonyl (C=O) groups excluding carboxylic acids is 1. The third-order valence-corrected chi connectivity index (χ3v) is 2.39. The lowest BCUT2D eigenvalue weighted by Crippen LogP contribution is -1.94. The van der Waals surface area contributed by atoms with E-state index in [2.05, 4.69) is 4.98 Å². The van der Waals surface area contributed by atoms with Crippen molar-refractivity contribution in [2.75, 3.05) is 7.11 Å². The molecule has 1 aromatic heterocycles. The maximum absolute atomic E-state index is 10.9. The van der Waals surface area contributed by atoms with Crippen molar-refractivity contribution >= 4 is 6.29 Å². The molecule has 0 radical (unpaired) electrons. The van der Waals surface area contributed by atoms with Gasteiger partial charge in [-0.05, 0) is 24.3 Å². The van der Waals surface area contributed by atoms with Crippen LogP contribution >= 0.6 is 0 Å². The van der Waals surface area contributed by atoms with Crippen molar-refractivity contribution in [2.45, 2.75) is 0 Å². The summed E-state index contributed by atoms with van der Waals surface area (Å²) in [5.74, 6) is 1.07. The highest BCUT2D eigenvalue weighted by molar-refractivity contribution is 5.78. The molecule has 0 spiro atoms. The highest BCUT2D eigenvalue weighted by atomic mass is 16.5. The van der Waals surface area contributed by atoms with Gasteiger partial charge in [0.2, 0.25) is 5.88 Å². The van der Waals surface area contributed by atoms with Crippen LogP contribution in [-0.2, 0) is 0 Å². The first kappa shape index (κ1) is 12.6. The van der Waals surface area contributed by atoms with Gasteiger partial charge in [0.1, 0.15) is 11.5 Å².